The van der Waals surface area contributed by atoms with Gasteiger partial charge in [-0.3, -0.25) is 0 Å². The summed E-state index contributed by atoms with van der Waals surface area (Å²) in [6.45, 7) is 13.7. The summed E-state index contributed by atoms with van der Waals surface area (Å²) in [6, 6.07) is 0. The molecule has 4 nitrogen and oxygen atoms in total. The van der Waals surface area contributed by atoms with Crippen molar-refractivity contribution in [2.45, 2.75) is 39.3 Å². The summed E-state index contributed by atoms with van der Waals surface area (Å²) in [6.07, 6.45) is 8.14. The maximum absolute atomic E-state index is 4.65. The highest BCUT2D eigenvalue weighted by Gasteiger charge is 2.20. The Morgan fingerprint density at radius 3 is 1.10 bits per heavy atom. The molecule has 0 aliphatic heterocycles. The van der Waals surface area contributed by atoms with Crippen LogP contribution in [0.1, 0.15) is 0 Å². The van der Waals surface area contributed by atoms with Crippen LogP contribution >= 0.6 is 0 Å². The molecular formula is C14H28N4Si2. The van der Waals surface area contributed by atoms with Crippen molar-refractivity contribution in [3.8, 4) is 0 Å². The first-order valence-corrected chi connectivity index (χ1v) is 13.9. The Morgan fingerprint density at radius 1 is 0.650 bits per heavy atom. The SMILES string of the molecule is CN(N=C1C=CC(=NN(C)[Si](C)(C)C)C=C1)[Si](C)(C)C. The molecule has 0 amide bonds. The van der Waals surface area contributed by atoms with Gasteiger partial charge < -0.3 is 9.35 Å². The fourth-order valence-electron chi connectivity index (χ4n) is 1.23. The molecule has 0 spiro atoms. The predicted molar refractivity (Wildman–Crippen MR) is 95.4 cm³/mol. The van der Waals surface area contributed by atoms with E-state index in [0.717, 1.165) is 11.4 Å². The molecule has 0 aromatic heterocycles. The van der Waals surface area contributed by atoms with E-state index in [2.05, 4.69) is 72.9 Å². The molecule has 0 N–H and O–H groups in total. The molecule has 1 rings (SSSR count). The molecule has 1 aliphatic carbocycles. The Morgan fingerprint density at radius 2 is 0.900 bits per heavy atom. The van der Waals surface area contributed by atoms with Crippen LogP contribution in [-0.2, 0) is 0 Å². The molecule has 6 heteroatoms. The molecule has 0 unspecified atom stereocenters. The van der Waals surface area contributed by atoms with Gasteiger partial charge >= 0.3 is 0 Å². The molecule has 0 aromatic carbocycles. The van der Waals surface area contributed by atoms with Crippen LogP contribution in [0.4, 0.5) is 0 Å². The normalized spacial score (nSPS) is 15.4. The van der Waals surface area contributed by atoms with Crippen LogP contribution in [0.15, 0.2) is 34.5 Å². The molecular weight excluding hydrogens is 280 g/mol. The topological polar surface area (TPSA) is 31.2 Å². The lowest BCUT2D eigenvalue weighted by molar-refractivity contribution is 0.549. The van der Waals surface area contributed by atoms with Crippen LogP contribution in [-0.4, -0.2) is 51.3 Å². The van der Waals surface area contributed by atoms with Gasteiger partial charge in [-0.2, -0.15) is 10.2 Å². The second kappa shape index (κ2) is 6.09. The summed E-state index contributed by atoms with van der Waals surface area (Å²) < 4.78 is 4.24. The number of hydrogen-bond acceptors (Lipinski definition) is 4. The zero-order valence-electron chi connectivity index (χ0n) is 14.1. The molecule has 112 valence electrons. The van der Waals surface area contributed by atoms with Crippen molar-refractivity contribution in [1.82, 2.24) is 9.35 Å². The first-order valence-electron chi connectivity index (χ1n) is 7.01. The van der Waals surface area contributed by atoms with E-state index in [1.165, 1.54) is 0 Å². The third-order valence-electron chi connectivity index (χ3n) is 3.32. The van der Waals surface area contributed by atoms with E-state index in [1.54, 1.807) is 0 Å². The molecule has 0 saturated heterocycles. The van der Waals surface area contributed by atoms with E-state index in [-0.39, 0.29) is 0 Å². The first-order chi connectivity index (χ1) is 9.00. The van der Waals surface area contributed by atoms with Crippen LogP contribution in [0.25, 0.3) is 0 Å². The van der Waals surface area contributed by atoms with Crippen LogP contribution in [0.2, 0.25) is 39.3 Å². The Labute approximate surface area is 125 Å². The van der Waals surface area contributed by atoms with E-state index >= 15 is 0 Å². The Kier molecular flexibility index (Phi) is 5.15. The average Bonchev–Trinajstić information content (AvgIpc) is 2.29. The zero-order chi connectivity index (χ0) is 15.6. The maximum atomic E-state index is 4.65. The number of hydrogen-bond donors (Lipinski definition) is 0. The number of rotatable bonds is 4. The quantitative estimate of drug-likeness (QED) is 0.453. The molecule has 0 fully saturated rings. The summed E-state index contributed by atoms with van der Waals surface area (Å²) in [7, 11) is 1.38. The molecule has 0 saturated carbocycles. The van der Waals surface area contributed by atoms with E-state index in [9.17, 15) is 0 Å². The minimum Gasteiger partial charge on any atom is -0.327 e. The summed E-state index contributed by atoms with van der Waals surface area (Å²) >= 11 is 0. The monoisotopic (exact) mass is 308 g/mol. The molecule has 20 heavy (non-hydrogen) atoms. The second-order valence-electron chi connectivity index (χ2n) is 7.11. The van der Waals surface area contributed by atoms with Crippen LogP contribution in [0.3, 0.4) is 0 Å². The number of allylic oxidation sites excluding steroid dienone is 4. The summed E-state index contributed by atoms with van der Waals surface area (Å²) in [5.74, 6) is 0. The molecule has 0 bridgehead atoms. The predicted octanol–water partition coefficient (Wildman–Crippen LogP) is 3.36. The van der Waals surface area contributed by atoms with Crippen molar-refractivity contribution >= 4 is 27.9 Å². The average molecular weight is 309 g/mol. The highest BCUT2D eigenvalue weighted by molar-refractivity contribution is 6.73. The lowest BCUT2D eigenvalue weighted by Gasteiger charge is -2.28. The van der Waals surface area contributed by atoms with Crippen molar-refractivity contribution < 1.29 is 0 Å². The first kappa shape index (κ1) is 16.9. The van der Waals surface area contributed by atoms with Crippen LogP contribution < -0.4 is 0 Å². The van der Waals surface area contributed by atoms with Gasteiger partial charge in [-0.15, -0.1) is 0 Å². The largest absolute Gasteiger partial charge is 0.327 e. The van der Waals surface area contributed by atoms with Crippen molar-refractivity contribution in [2.75, 3.05) is 14.1 Å². The lowest BCUT2D eigenvalue weighted by atomic mass is 10.1. The van der Waals surface area contributed by atoms with E-state index in [0.29, 0.717) is 0 Å². The molecule has 0 aromatic rings. The maximum Gasteiger partial charge on any atom is 0.169 e. The number of nitrogens with zero attached hydrogens (tertiary/aromatic N) is 4. The van der Waals surface area contributed by atoms with Gasteiger partial charge in [-0.05, 0) is 24.3 Å². The van der Waals surface area contributed by atoms with Gasteiger partial charge in [0.2, 0.25) is 0 Å². The standard InChI is InChI=1S/C14H28N4Si2/c1-17(19(3,4)5)15-13-9-11-14(12-10-13)16-18(2)20(6,7)8/h9-12H,1-8H3. The number of hydrazone groups is 2. The van der Waals surface area contributed by atoms with Gasteiger partial charge in [-0.25, -0.2) is 0 Å². The fourth-order valence-corrected chi connectivity index (χ4v) is 2.06. The molecule has 0 radical (unpaired) electrons. The summed E-state index contributed by atoms with van der Waals surface area (Å²) in [5.41, 5.74) is 1.98. The minimum atomic E-state index is -1.37. The van der Waals surface area contributed by atoms with Crippen LogP contribution in [0, 0.1) is 0 Å². The molecule has 0 atom stereocenters. The van der Waals surface area contributed by atoms with Gasteiger partial charge in [0.25, 0.3) is 0 Å². The van der Waals surface area contributed by atoms with Crippen molar-refractivity contribution in [3.05, 3.63) is 24.3 Å². The van der Waals surface area contributed by atoms with E-state index < -0.39 is 16.5 Å². The van der Waals surface area contributed by atoms with E-state index in [1.807, 2.05) is 24.3 Å². The Balaban J connectivity index is 2.79. The van der Waals surface area contributed by atoms with Crippen LogP contribution in [0.5, 0.6) is 0 Å². The van der Waals surface area contributed by atoms with Crippen molar-refractivity contribution in [3.63, 3.8) is 0 Å². The van der Waals surface area contributed by atoms with Gasteiger partial charge in [0, 0.05) is 14.1 Å². The van der Waals surface area contributed by atoms with Gasteiger partial charge in [0.15, 0.2) is 16.5 Å². The third-order valence-corrected chi connectivity index (χ3v) is 7.41. The Bertz CT molecular complexity index is 405. The molecule has 0 heterocycles. The summed E-state index contributed by atoms with van der Waals surface area (Å²) in [4.78, 5) is 0. The van der Waals surface area contributed by atoms with Gasteiger partial charge in [-0.1, -0.05) is 39.3 Å². The smallest absolute Gasteiger partial charge is 0.169 e. The summed E-state index contributed by atoms with van der Waals surface area (Å²) in [5, 5.41) is 9.30. The lowest BCUT2D eigenvalue weighted by Crippen LogP contribution is -2.40. The van der Waals surface area contributed by atoms with Gasteiger partial charge in [0.05, 0.1) is 11.4 Å². The molecule has 1 aliphatic rings. The Hall–Kier alpha value is -1.15. The fraction of sp³-hybridized carbons (Fsp3) is 0.571. The van der Waals surface area contributed by atoms with Crippen molar-refractivity contribution in [1.29, 1.82) is 0 Å². The zero-order valence-corrected chi connectivity index (χ0v) is 16.1. The highest BCUT2D eigenvalue weighted by atomic mass is 28.3. The third kappa shape index (κ3) is 5.09. The second-order valence-corrected chi connectivity index (χ2v) is 17.1. The highest BCUT2D eigenvalue weighted by Crippen LogP contribution is 2.10. The van der Waals surface area contributed by atoms with Gasteiger partial charge in [0.1, 0.15) is 0 Å². The van der Waals surface area contributed by atoms with Crippen molar-refractivity contribution in [2.24, 2.45) is 10.2 Å². The van der Waals surface area contributed by atoms with E-state index in [4.69, 9.17) is 0 Å². The minimum absolute atomic E-state index is 0.990.